The minimum Gasteiger partial charge on any atom is -0.504 e. The molecule has 2 N–H and O–H groups in total. The first-order chi connectivity index (χ1) is 11.4. The van der Waals surface area contributed by atoms with Crippen LogP contribution >= 0.6 is 23.2 Å². The number of aromatic hydroxyl groups is 2. The third-order valence-corrected chi connectivity index (χ3v) is 3.59. The largest absolute Gasteiger partial charge is 0.504 e. The fraction of sp³-hybridized carbons (Fsp3) is 0. The van der Waals surface area contributed by atoms with Crippen molar-refractivity contribution in [3.05, 3.63) is 44.7 Å². The molecule has 0 amide bonds. The maximum atomic E-state index is 10.9. The highest BCUT2D eigenvalue weighted by Crippen LogP contribution is 2.40. The average Bonchev–Trinajstić information content (AvgIpc) is 2.99. The van der Waals surface area contributed by atoms with E-state index >= 15 is 0 Å². The Hall–Kier alpha value is -2.91. The molecule has 3 aromatic rings. The van der Waals surface area contributed by atoms with Gasteiger partial charge < -0.3 is 14.7 Å². The highest BCUT2D eigenvalue weighted by molar-refractivity contribution is 6.38. The van der Waals surface area contributed by atoms with Gasteiger partial charge in [0.15, 0.2) is 5.75 Å². The van der Waals surface area contributed by atoms with Crippen molar-refractivity contribution in [3.63, 3.8) is 0 Å². The minimum atomic E-state index is -0.858. The number of benzene rings is 1. The van der Waals surface area contributed by atoms with Gasteiger partial charge in [-0.25, -0.2) is 0 Å². The number of nitrogens with zero attached hydrogens (tertiary/aromatic N) is 4. The van der Waals surface area contributed by atoms with E-state index < -0.39 is 22.1 Å². The molecule has 0 atom stereocenters. The van der Waals surface area contributed by atoms with Crippen LogP contribution < -0.4 is 0 Å². The van der Waals surface area contributed by atoms with Gasteiger partial charge in [0.2, 0.25) is 11.6 Å². The number of pyridine rings is 1. The number of rotatable bonds is 3. The first kappa shape index (κ1) is 16.0. The summed E-state index contributed by atoms with van der Waals surface area (Å²) in [4.78, 5) is 17.9. The predicted octanol–water partition coefficient (Wildman–Crippen LogP) is 3.42. The quantitative estimate of drug-likeness (QED) is 0.407. The van der Waals surface area contributed by atoms with Gasteiger partial charge in [0.25, 0.3) is 5.89 Å². The molecular weight excluding hydrogens is 363 g/mol. The smallest absolute Gasteiger partial charge is 0.315 e. The first-order valence-corrected chi connectivity index (χ1v) is 6.98. The normalized spacial score (nSPS) is 10.8. The number of hydrogen-bond acceptors (Lipinski definition) is 8. The summed E-state index contributed by atoms with van der Waals surface area (Å²) in [6.45, 7) is 0. The van der Waals surface area contributed by atoms with Crippen molar-refractivity contribution in [2.75, 3.05) is 0 Å². The summed E-state index contributed by atoms with van der Waals surface area (Å²) in [6, 6.07) is 2.04. The molecule has 2 aromatic heterocycles. The molecular formula is C13H6Cl2N4O5. The monoisotopic (exact) mass is 368 g/mol. The lowest BCUT2D eigenvalue weighted by Crippen LogP contribution is -1.90. The molecule has 2 heterocycles. The number of phenols is 2. The Kier molecular flexibility index (Phi) is 3.96. The standard InChI is InChI=1S/C13H6Cl2N4O5/c14-6-3-16-4-7(15)10(6)12-17-13(24-18-12)5-1-8(19(22)23)11(21)9(20)2-5/h1-4,20-21H. The molecule has 11 heteroatoms. The van der Waals surface area contributed by atoms with Gasteiger partial charge in [-0.2, -0.15) is 4.98 Å². The van der Waals surface area contributed by atoms with E-state index in [1.807, 2.05) is 0 Å². The number of phenolic OH excluding ortho intramolecular Hbond substituents is 2. The maximum Gasteiger partial charge on any atom is 0.315 e. The molecule has 0 spiro atoms. The molecule has 1 aromatic carbocycles. The van der Waals surface area contributed by atoms with Crippen LogP contribution in [-0.2, 0) is 0 Å². The summed E-state index contributed by atoms with van der Waals surface area (Å²) >= 11 is 12.0. The molecule has 122 valence electrons. The van der Waals surface area contributed by atoms with Crippen LogP contribution in [0.3, 0.4) is 0 Å². The minimum absolute atomic E-state index is 0.0389. The Morgan fingerprint density at radius 2 is 1.83 bits per heavy atom. The molecule has 0 bridgehead atoms. The Labute approximate surface area is 143 Å². The van der Waals surface area contributed by atoms with E-state index in [0.717, 1.165) is 12.1 Å². The zero-order chi connectivity index (χ0) is 17.4. The fourth-order valence-corrected chi connectivity index (χ4v) is 2.47. The molecule has 24 heavy (non-hydrogen) atoms. The molecule has 9 nitrogen and oxygen atoms in total. The van der Waals surface area contributed by atoms with E-state index in [1.54, 1.807) is 0 Å². The SMILES string of the molecule is O=[N+]([O-])c1cc(-c2nc(-c3c(Cl)cncc3Cl)no2)cc(O)c1O. The van der Waals surface area contributed by atoms with Crippen molar-refractivity contribution >= 4 is 28.9 Å². The highest BCUT2D eigenvalue weighted by atomic mass is 35.5. The second-order valence-electron chi connectivity index (χ2n) is 4.52. The van der Waals surface area contributed by atoms with Crippen LogP contribution in [0.1, 0.15) is 0 Å². The summed E-state index contributed by atoms with van der Waals surface area (Å²) in [5, 5.41) is 34.1. The number of hydrogen-bond donors (Lipinski definition) is 2. The second-order valence-corrected chi connectivity index (χ2v) is 5.34. The average molecular weight is 369 g/mol. The van der Waals surface area contributed by atoms with E-state index in [4.69, 9.17) is 27.7 Å². The number of halogens is 2. The van der Waals surface area contributed by atoms with Gasteiger partial charge in [-0.1, -0.05) is 28.4 Å². The van der Waals surface area contributed by atoms with Crippen LogP contribution in [0.25, 0.3) is 22.8 Å². The van der Waals surface area contributed by atoms with E-state index in [0.29, 0.717) is 0 Å². The van der Waals surface area contributed by atoms with E-state index in [2.05, 4.69) is 15.1 Å². The lowest BCUT2D eigenvalue weighted by Gasteiger charge is -2.01. The zero-order valence-electron chi connectivity index (χ0n) is 11.5. The lowest BCUT2D eigenvalue weighted by molar-refractivity contribution is -0.385. The highest BCUT2D eigenvalue weighted by Gasteiger charge is 2.23. The van der Waals surface area contributed by atoms with Crippen LogP contribution in [-0.4, -0.2) is 30.3 Å². The molecule has 3 rings (SSSR count). The summed E-state index contributed by atoms with van der Waals surface area (Å²) in [6.07, 6.45) is 2.69. The molecule has 0 aliphatic rings. The van der Waals surface area contributed by atoms with E-state index in [1.165, 1.54) is 12.4 Å². The molecule has 0 aliphatic carbocycles. The molecule has 0 aliphatic heterocycles. The Morgan fingerprint density at radius 3 is 2.46 bits per heavy atom. The third-order valence-electron chi connectivity index (χ3n) is 3.02. The van der Waals surface area contributed by atoms with Crippen molar-refractivity contribution in [2.45, 2.75) is 0 Å². The molecule has 0 unspecified atom stereocenters. The van der Waals surface area contributed by atoms with Gasteiger partial charge in [0.05, 0.1) is 26.1 Å². The van der Waals surface area contributed by atoms with Crippen LogP contribution in [0.15, 0.2) is 29.0 Å². The second kappa shape index (κ2) is 5.95. The van der Waals surface area contributed by atoms with Crippen molar-refractivity contribution < 1.29 is 19.7 Å². The maximum absolute atomic E-state index is 10.9. The van der Waals surface area contributed by atoms with Crippen molar-refractivity contribution in [1.29, 1.82) is 0 Å². The summed E-state index contributed by atoms with van der Waals surface area (Å²) in [5.41, 5.74) is -0.386. The van der Waals surface area contributed by atoms with Gasteiger partial charge in [0.1, 0.15) is 0 Å². The topological polar surface area (TPSA) is 135 Å². The predicted molar refractivity (Wildman–Crippen MR) is 83.0 cm³/mol. The van der Waals surface area contributed by atoms with Crippen LogP contribution in [0.4, 0.5) is 5.69 Å². The van der Waals surface area contributed by atoms with Gasteiger partial charge in [-0.05, 0) is 6.07 Å². The zero-order valence-corrected chi connectivity index (χ0v) is 13.0. The van der Waals surface area contributed by atoms with Crippen LogP contribution in [0.2, 0.25) is 10.0 Å². The van der Waals surface area contributed by atoms with Gasteiger partial charge >= 0.3 is 5.69 Å². The summed E-state index contributed by atoms with van der Waals surface area (Å²) in [5.74, 6) is -1.65. The Balaban J connectivity index is 2.11. The molecule has 0 saturated heterocycles. The van der Waals surface area contributed by atoms with Crippen molar-refractivity contribution in [2.24, 2.45) is 0 Å². The van der Waals surface area contributed by atoms with Gasteiger partial charge in [-0.15, -0.1) is 0 Å². The van der Waals surface area contributed by atoms with Gasteiger partial charge in [-0.3, -0.25) is 15.1 Å². The molecule has 0 fully saturated rings. The summed E-state index contributed by atoms with van der Waals surface area (Å²) < 4.78 is 5.03. The number of aromatic nitrogens is 3. The van der Waals surface area contributed by atoms with Crippen molar-refractivity contribution in [1.82, 2.24) is 15.1 Å². The third kappa shape index (κ3) is 2.70. The molecule has 0 radical (unpaired) electrons. The Morgan fingerprint density at radius 1 is 1.17 bits per heavy atom. The lowest BCUT2D eigenvalue weighted by atomic mass is 10.1. The van der Waals surface area contributed by atoms with Crippen LogP contribution in [0.5, 0.6) is 11.5 Å². The fourth-order valence-electron chi connectivity index (χ4n) is 1.93. The van der Waals surface area contributed by atoms with Gasteiger partial charge in [0, 0.05) is 18.5 Å². The van der Waals surface area contributed by atoms with E-state index in [9.17, 15) is 20.3 Å². The van der Waals surface area contributed by atoms with Crippen molar-refractivity contribution in [3.8, 4) is 34.3 Å². The van der Waals surface area contributed by atoms with E-state index in [-0.39, 0.29) is 32.9 Å². The summed E-state index contributed by atoms with van der Waals surface area (Å²) in [7, 11) is 0. The number of nitro benzene ring substituents is 1. The first-order valence-electron chi connectivity index (χ1n) is 6.22. The Bertz CT molecular complexity index is 939. The van der Waals surface area contributed by atoms with Crippen LogP contribution in [0, 0.1) is 10.1 Å². The molecule has 0 saturated carbocycles. The number of nitro groups is 1.